The number of anilines is 1. The van der Waals surface area contributed by atoms with Gasteiger partial charge >= 0.3 is 12.1 Å². The number of rotatable bonds is 4. The highest BCUT2D eigenvalue weighted by Crippen LogP contribution is 2.70. The number of fused-ring (bicyclic) bond motifs is 2. The Morgan fingerprint density at radius 2 is 2.08 bits per heavy atom. The van der Waals surface area contributed by atoms with Crippen molar-refractivity contribution in [3.8, 4) is 0 Å². The maximum atomic E-state index is 13.6. The van der Waals surface area contributed by atoms with Gasteiger partial charge in [0.2, 0.25) is 5.91 Å². The molecule has 4 nitrogen and oxygen atoms in total. The monoisotopic (exact) mass is 339 g/mol. The van der Waals surface area contributed by atoms with Gasteiger partial charge in [-0.05, 0) is 18.6 Å². The Hall–Kier alpha value is -2.31. The molecule has 1 saturated carbocycles. The predicted octanol–water partition coefficient (Wildman–Crippen LogP) is 2.83. The fraction of sp³-hybridized carbons (Fsp3) is 0.412. The fourth-order valence-electron chi connectivity index (χ4n) is 3.81. The number of nitrogens with zero attached hydrogens (tertiary/aromatic N) is 1. The molecule has 1 spiro atoms. The van der Waals surface area contributed by atoms with Crippen molar-refractivity contribution in [3.05, 3.63) is 42.5 Å². The van der Waals surface area contributed by atoms with Crippen LogP contribution in [-0.4, -0.2) is 31.2 Å². The molecule has 0 radical (unpaired) electrons. The van der Waals surface area contributed by atoms with Crippen LogP contribution >= 0.6 is 0 Å². The number of hydrogen-bond acceptors (Lipinski definition) is 3. The molecule has 24 heavy (non-hydrogen) atoms. The van der Waals surface area contributed by atoms with Crippen LogP contribution in [0.15, 0.2) is 36.9 Å². The predicted molar refractivity (Wildman–Crippen MR) is 80.3 cm³/mol. The first-order valence-electron chi connectivity index (χ1n) is 7.57. The molecule has 1 aromatic carbocycles. The molecular formula is C17H16F3NO3. The summed E-state index contributed by atoms with van der Waals surface area (Å²) in [7, 11) is 0. The average molecular weight is 339 g/mol. The summed E-state index contributed by atoms with van der Waals surface area (Å²) in [5.74, 6) is -5.30. The van der Waals surface area contributed by atoms with Gasteiger partial charge < -0.3 is 9.64 Å². The zero-order valence-corrected chi connectivity index (χ0v) is 13.0. The summed E-state index contributed by atoms with van der Waals surface area (Å²) in [5, 5.41) is 0. The van der Waals surface area contributed by atoms with E-state index in [1.807, 2.05) is 0 Å². The Bertz CT molecular complexity index is 715. The topological polar surface area (TPSA) is 46.6 Å². The van der Waals surface area contributed by atoms with Crippen molar-refractivity contribution in [2.24, 2.45) is 11.8 Å². The number of benzene rings is 1. The molecule has 1 aliphatic carbocycles. The van der Waals surface area contributed by atoms with Crippen LogP contribution < -0.4 is 4.90 Å². The molecule has 128 valence electrons. The summed E-state index contributed by atoms with van der Waals surface area (Å²) in [6.07, 6.45) is -3.23. The van der Waals surface area contributed by atoms with Gasteiger partial charge in [-0.1, -0.05) is 24.3 Å². The van der Waals surface area contributed by atoms with Crippen LogP contribution in [0.1, 0.15) is 12.5 Å². The van der Waals surface area contributed by atoms with Crippen molar-refractivity contribution in [1.29, 1.82) is 0 Å². The Balaban J connectivity index is 2.16. The second kappa shape index (κ2) is 5.36. The molecule has 0 saturated heterocycles. The Morgan fingerprint density at radius 1 is 1.42 bits per heavy atom. The summed E-state index contributed by atoms with van der Waals surface area (Å²) < 4.78 is 45.5. The molecule has 3 atom stereocenters. The molecule has 0 bridgehead atoms. The van der Waals surface area contributed by atoms with Crippen LogP contribution in [0.25, 0.3) is 0 Å². The molecule has 0 aromatic heterocycles. The first kappa shape index (κ1) is 16.5. The second-order valence-corrected chi connectivity index (χ2v) is 5.84. The number of halogens is 3. The third-order valence-corrected chi connectivity index (χ3v) is 4.65. The van der Waals surface area contributed by atoms with Crippen LogP contribution in [0, 0.1) is 11.8 Å². The fourth-order valence-corrected chi connectivity index (χ4v) is 3.81. The minimum Gasteiger partial charge on any atom is -0.466 e. The lowest BCUT2D eigenvalue weighted by atomic mass is 9.93. The SMILES string of the molecule is C=CCN1C(=O)[C@@]2(c3ccccc31)C(C(=O)OCC)C2C(F)(F)F. The van der Waals surface area contributed by atoms with Gasteiger partial charge in [-0.2, -0.15) is 13.2 Å². The summed E-state index contributed by atoms with van der Waals surface area (Å²) in [5.41, 5.74) is -1.29. The standard InChI is InChI=1S/C17H16F3NO3/c1-3-9-21-11-8-6-5-7-10(11)16(15(21)23)12(14(22)24-4-2)13(16)17(18,19)20/h3,5-8,12-13H,1,4,9H2,2H3/t12?,13?,16-/m0/s1. The van der Waals surface area contributed by atoms with Gasteiger partial charge in [0, 0.05) is 12.2 Å². The van der Waals surface area contributed by atoms with Gasteiger partial charge in [-0.15, -0.1) is 6.58 Å². The lowest BCUT2D eigenvalue weighted by Gasteiger charge is -2.16. The maximum Gasteiger partial charge on any atom is 0.394 e. The Labute approximate surface area is 136 Å². The number of para-hydroxylation sites is 1. The highest BCUT2D eigenvalue weighted by atomic mass is 19.4. The van der Waals surface area contributed by atoms with Gasteiger partial charge in [0.15, 0.2) is 0 Å². The zero-order valence-electron chi connectivity index (χ0n) is 13.0. The number of carbonyl (C=O) groups excluding carboxylic acids is 2. The third kappa shape index (κ3) is 2.00. The van der Waals surface area contributed by atoms with Crippen LogP contribution in [-0.2, 0) is 19.7 Å². The number of hydrogen-bond donors (Lipinski definition) is 0. The van der Waals surface area contributed by atoms with Gasteiger partial charge in [0.25, 0.3) is 0 Å². The molecule has 3 rings (SSSR count). The van der Waals surface area contributed by atoms with E-state index in [-0.39, 0.29) is 18.7 Å². The van der Waals surface area contributed by atoms with E-state index in [1.165, 1.54) is 24.0 Å². The van der Waals surface area contributed by atoms with E-state index in [0.717, 1.165) is 0 Å². The summed E-state index contributed by atoms with van der Waals surface area (Å²) in [6.45, 7) is 5.10. The maximum absolute atomic E-state index is 13.6. The highest BCUT2D eigenvalue weighted by Gasteiger charge is 2.85. The molecule has 2 unspecified atom stereocenters. The largest absolute Gasteiger partial charge is 0.466 e. The van der Waals surface area contributed by atoms with Crippen molar-refractivity contribution in [2.75, 3.05) is 18.1 Å². The van der Waals surface area contributed by atoms with Crippen molar-refractivity contribution >= 4 is 17.6 Å². The average Bonchev–Trinajstić information content (AvgIpc) is 3.18. The number of esters is 1. The molecular weight excluding hydrogens is 323 g/mol. The molecule has 1 aliphatic heterocycles. The van der Waals surface area contributed by atoms with E-state index in [9.17, 15) is 22.8 Å². The first-order valence-corrected chi connectivity index (χ1v) is 7.57. The van der Waals surface area contributed by atoms with Crippen LogP contribution in [0.2, 0.25) is 0 Å². The quantitative estimate of drug-likeness (QED) is 0.626. The minimum atomic E-state index is -4.68. The van der Waals surface area contributed by atoms with E-state index < -0.39 is 35.3 Å². The van der Waals surface area contributed by atoms with Crippen molar-refractivity contribution in [2.45, 2.75) is 18.5 Å². The van der Waals surface area contributed by atoms with E-state index in [2.05, 4.69) is 6.58 Å². The number of alkyl halides is 3. The minimum absolute atomic E-state index is 0.0395. The zero-order chi connectivity index (χ0) is 17.7. The third-order valence-electron chi connectivity index (χ3n) is 4.65. The molecule has 1 fully saturated rings. The highest BCUT2D eigenvalue weighted by molar-refractivity contribution is 6.14. The lowest BCUT2D eigenvalue weighted by molar-refractivity contribution is -0.164. The smallest absolute Gasteiger partial charge is 0.394 e. The Kier molecular flexibility index (Phi) is 3.69. The van der Waals surface area contributed by atoms with Gasteiger partial charge in [0.1, 0.15) is 5.41 Å². The first-order chi connectivity index (χ1) is 11.3. The molecule has 7 heteroatoms. The van der Waals surface area contributed by atoms with E-state index in [0.29, 0.717) is 5.69 Å². The van der Waals surface area contributed by atoms with Gasteiger partial charge in [0.05, 0.1) is 18.4 Å². The number of carbonyl (C=O) groups is 2. The second-order valence-electron chi connectivity index (χ2n) is 5.84. The molecule has 1 amide bonds. The lowest BCUT2D eigenvalue weighted by Crippen LogP contribution is -2.36. The van der Waals surface area contributed by atoms with Gasteiger partial charge in [-0.25, -0.2) is 0 Å². The molecule has 1 aromatic rings. The normalized spacial score (nSPS) is 28.0. The molecule has 2 aliphatic rings. The van der Waals surface area contributed by atoms with Crippen LogP contribution in [0.4, 0.5) is 18.9 Å². The van der Waals surface area contributed by atoms with Crippen molar-refractivity contribution in [1.82, 2.24) is 0 Å². The van der Waals surface area contributed by atoms with Crippen LogP contribution in [0.5, 0.6) is 0 Å². The van der Waals surface area contributed by atoms with E-state index in [1.54, 1.807) is 18.2 Å². The van der Waals surface area contributed by atoms with Crippen LogP contribution in [0.3, 0.4) is 0 Å². The van der Waals surface area contributed by atoms with E-state index in [4.69, 9.17) is 4.74 Å². The summed E-state index contributed by atoms with van der Waals surface area (Å²) >= 11 is 0. The van der Waals surface area contributed by atoms with Crippen molar-refractivity contribution < 1.29 is 27.5 Å². The number of ether oxygens (including phenoxy) is 1. The van der Waals surface area contributed by atoms with E-state index >= 15 is 0 Å². The summed E-state index contributed by atoms with van der Waals surface area (Å²) in [4.78, 5) is 26.3. The number of amides is 1. The molecule has 0 N–H and O–H groups in total. The molecule has 1 heterocycles. The Morgan fingerprint density at radius 3 is 2.67 bits per heavy atom. The summed E-state index contributed by atoms with van der Waals surface area (Å²) in [6, 6.07) is 6.28. The van der Waals surface area contributed by atoms with Crippen molar-refractivity contribution in [3.63, 3.8) is 0 Å². The van der Waals surface area contributed by atoms with Gasteiger partial charge in [-0.3, -0.25) is 9.59 Å².